The van der Waals surface area contributed by atoms with E-state index in [-0.39, 0.29) is 23.2 Å². The number of methoxy groups -OCH3 is 1. The Morgan fingerprint density at radius 3 is 2.38 bits per heavy atom. The summed E-state index contributed by atoms with van der Waals surface area (Å²) in [5.74, 6) is 3.88. The van der Waals surface area contributed by atoms with Crippen molar-refractivity contribution in [2.45, 2.75) is 126 Å². The van der Waals surface area contributed by atoms with E-state index in [9.17, 15) is 9.90 Å². The van der Waals surface area contributed by atoms with Gasteiger partial charge in [0.15, 0.2) is 11.5 Å². The molecule has 0 unspecified atom stereocenters. The first-order valence-electron chi connectivity index (χ1n) is 18.1. The molecule has 5 aliphatic carbocycles. The molecule has 1 N–H and O–H groups in total. The predicted molar refractivity (Wildman–Crippen MR) is 183 cm³/mol. The Labute approximate surface area is 273 Å². The Kier molecular flexibility index (Phi) is 8.13. The summed E-state index contributed by atoms with van der Waals surface area (Å²) >= 11 is 0. The Hall–Kier alpha value is -2.23. The topological polar surface area (TPSA) is 55.8 Å². The minimum atomic E-state index is -0.277. The van der Waals surface area contributed by atoms with Crippen molar-refractivity contribution in [3.8, 4) is 11.5 Å². The van der Waals surface area contributed by atoms with E-state index in [0.717, 1.165) is 29.7 Å². The molecule has 4 nitrogen and oxygen atoms in total. The van der Waals surface area contributed by atoms with Gasteiger partial charge >= 0.3 is 5.97 Å². The zero-order chi connectivity index (χ0) is 32.6. The molecule has 0 amide bonds. The molecule has 45 heavy (non-hydrogen) atoms. The van der Waals surface area contributed by atoms with Gasteiger partial charge in [0, 0.05) is 11.5 Å². The number of hydrogen-bond acceptors (Lipinski definition) is 4. The number of ether oxygens (including phenoxy) is 2. The maximum Gasteiger partial charge on any atom is 0.331 e. The van der Waals surface area contributed by atoms with Crippen molar-refractivity contribution in [3.63, 3.8) is 0 Å². The summed E-state index contributed by atoms with van der Waals surface area (Å²) < 4.78 is 11.5. The van der Waals surface area contributed by atoms with E-state index in [0.29, 0.717) is 39.2 Å². The Bertz CT molecular complexity index is 1370. The number of hydrogen-bond donors (Lipinski definition) is 1. The largest absolute Gasteiger partial charge is 0.504 e. The van der Waals surface area contributed by atoms with Gasteiger partial charge in [0.05, 0.1) is 7.11 Å². The average Bonchev–Trinajstić information content (AvgIpc) is 3.58. The van der Waals surface area contributed by atoms with Gasteiger partial charge in [-0.3, -0.25) is 0 Å². The standard InChI is InChI=1S/C41H60O4/c1-26(2)27(3)10-11-28(4)30-18-20-39(8)34-16-15-33-37(5,6)35(19-21-40(33)25-41(34,40)23-22-38(30,39)7)45-36(43)17-13-29-12-14-31(42)32(24-29)44-9/h10,12-14,17,24,26,28,30,33-35,42H,11,15-16,18-23,25H2,1-9H3/t28-,30-,33+,34+,35+,38-,39+,40-,41+/m1/s1. The molecular weight excluding hydrogens is 556 g/mol. The molecular formula is C41H60O4. The summed E-state index contributed by atoms with van der Waals surface area (Å²) in [5.41, 5.74) is 4.12. The first-order valence-corrected chi connectivity index (χ1v) is 18.1. The van der Waals surface area contributed by atoms with E-state index in [1.807, 2.05) is 0 Å². The number of allylic oxidation sites excluding steroid dienone is 2. The second kappa shape index (κ2) is 11.2. The minimum Gasteiger partial charge on any atom is -0.504 e. The van der Waals surface area contributed by atoms with Crippen LogP contribution in [0.1, 0.15) is 125 Å². The first kappa shape index (κ1) is 32.7. The van der Waals surface area contributed by atoms with Gasteiger partial charge in [-0.15, -0.1) is 0 Å². The highest BCUT2D eigenvalue weighted by molar-refractivity contribution is 5.87. The highest BCUT2D eigenvalue weighted by atomic mass is 16.5. The van der Waals surface area contributed by atoms with Crippen molar-refractivity contribution in [2.24, 2.45) is 56.7 Å². The summed E-state index contributed by atoms with van der Waals surface area (Å²) in [5, 5.41) is 9.89. The molecule has 5 fully saturated rings. The fourth-order valence-electron chi connectivity index (χ4n) is 12.4. The van der Waals surface area contributed by atoms with E-state index in [4.69, 9.17) is 9.47 Å². The third-order valence-electron chi connectivity index (χ3n) is 15.4. The number of carbonyl (C=O) groups is 1. The van der Waals surface area contributed by atoms with Gasteiger partial charge in [-0.05, 0) is 146 Å². The normalized spacial score (nSPS) is 40.7. The van der Waals surface area contributed by atoms with Crippen molar-refractivity contribution in [2.75, 3.05) is 7.11 Å². The number of phenolic OH excluding ortho intramolecular Hbond substituents is 1. The van der Waals surface area contributed by atoms with Gasteiger partial charge in [-0.25, -0.2) is 4.79 Å². The molecule has 2 spiro atoms. The number of aromatic hydroxyl groups is 1. The zero-order valence-electron chi connectivity index (χ0n) is 29.7. The summed E-state index contributed by atoms with van der Waals surface area (Å²) in [6.07, 6.45) is 18.8. The fraction of sp³-hybridized carbons (Fsp3) is 0.732. The van der Waals surface area contributed by atoms with Crippen LogP contribution in [0.25, 0.3) is 6.08 Å². The van der Waals surface area contributed by atoms with Crippen LogP contribution in [0.3, 0.4) is 0 Å². The van der Waals surface area contributed by atoms with Crippen LogP contribution in [0.15, 0.2) is 35.9 Å². The fourth-order valence-corrected chi connectivity index (χ4v) is 12.4. The number of fused-ring (bicyclic) bond motifs is 2. The van der Waals surface area contributed by atoms with Gasteiger partial charge < -0.3 is 14.6 Å². The number of esters is 1. The SMILES string of the molecule is COc1cc(C=CC(=O)O[C@H]2CC[C@]34C[C@]35CC[C@]3(C)[C@@H]([C@H](C)CC=C(C)C(C)C)CC[C@@]3(C)[C@@H]5CC[C@H]4C2(C)C)ccc1O. The Morgan fingerprint density at radius 1 is 0.956 bits per heavy atom. The monoisotopic (exact) mass is 616 g/mol. The van der Waals surface area contributed by atoms with Crippen LogP contribution in [0.2, 0.25) is 0 Å². The second-order valence-electron chi connectivity index (χ2n) is 17.5. The lowest BCUT2D eigenvalue weighted by Gasteiger charge is -2.63. The number of carbonyl (C=O) groups excluding carboxylic acids is 1. The first-order chi connectivity index (χ1) is 21.1. The van der Waals surface area contributed by atoms with Crippen LogP contribution < -0.4 is 4.74 Å². The predicted octanol–water partition coefficient (Wildman–Crippen LogP) is 10.4. The smallest absolute Gasteiger partial charge is 0.331 e. The van der Waals surface area contributed by atoms with Crippen LogP contribution >= 0.6 is 0 Å². The summed E-state index contributed by atoms with van der Waals surface area (Å²) in [7, 11) is 1.53. The minimum absolute atomic E-state index is 0.0348. The second-order valence-corrected chi connectivity index (χ2v) is 17.5. The van der Waals surface area contributed by atoms with Crippen LogP contribution in [-0.4, -0.2) is 24.3 Å². The lowest BCUT2D eigenvalue weighted by atomic mass is 9.41. The molecule has 0 aliphatic heterocycles. The Morgan fingerprint density at radius 2 is 1.67 bits per heavy atom. The lowest BCUT2D eigenvalue weighted by molar-refractivity contribution is -0.179. The molecule has 4 heteroatoms. The van der Waals surface area contributed by atoms with Crippen molar-refractivity contribution >= 4 is 12.0 Å². The highest BCUT2D eigenvalue weighted by Gasteiger charge is 2.82. The molecule has 0 heterocycles. The third kappa shape index (κ3) is 4.85. The van der Waals surface area contributed by atoms with Gasteiger partial charge in [0.1, 0.15) is 6.10 Å². The van der Waals surface area contributed by atoms with E-state index >= 15 is 0 Å². The van der Waals surface area contributed by atoms with E-state index in [1.54, 1.807) is 29.8 Å². The average molecular weight is 617 g/mol. The molecule has 0 aromatic heterocycles. The summed E-state index contributed by atoms with van der Waals surface area (Å²) in [6.45, 7) is 19.7. The third-order valence-corrected chi connectivity index (χ3v) is 15.4. The highest BCUT2D eigenvalue weighted by Crippen LogP contribution is 2.89. The maximum absolute atomic E-state index is 13.1. The molecule has 1 aromatic rings. The van der Waals surface area contributed by atoms with Crippen molar-refractivity contribution in [1.29, 1.82) is 0 Å². The molecule has 0 bridgehead atoms. The maximum atomic E-state index is 13.1. The molecule has 6 rings (SSSR count). The number of benzene rings is 1. The number of phenols is 1. The molecule has 9 atom stereocenters. The molecule has 5 saturated carbocycles. The van der Waals surface area contributed by atoms with Crippen LogP contribution in [0, 0.1) is 56.7 Å². The zero-order valence-corrected chi connectivity index (χ0v) is 29.7. The van der Waals surface area contributed by atoms with Gasteiger partial charge in [0.2, 0.25) is 0 Å². The van der Waals surface area contributed by atoms with Gasteiger partial charge in [-0.1, -0.05) is 66.2 Å². The van der Waals surface area contributed by atoms with Gasteiger partial charge in [-0.2, -0.15) is 0 Å². The molecule has 0 saturated heterocycles. The molecule has 1 aromatic carbocycles. The van der Waals surface area contributed by atoms with E-state index < -0.39 is 0 Å². The molecule has 0 radical (unpaired) electrons. The van der Waals surface area contributed by atoms with Crippen LogP contribution in [-0.2, 0) is 9.53 Å². The molecule has 5 aliphatic rings. The summed E-state index contributed by atoms with van der Waals surface area (Å²) in [4.78, 5) is 13.1. The van der Waals surface area contributed by atoms with Crippen LogP contribution in [0.4, 0.5) is 0 Å². The lowest BCUT2D eigenvalue weighted by Crippen LogP contribution is -2.58. The van der Waals surface area contributed by atoms with Crippen molar-refractivity contribution in [3.05, 3.63) is 41.5 Å². The quantitative estimate of drug-likeness (QED) is 0.179. The van der Waals surface area contributed by atoms with Gasteiger partial charge in [0.25, 0.3) is 0 Å². The Balaban J connectivity index is 1.15. The van der Waals surface area contributed by atoms with E-state index in [2.05, 4.69) is 61.5 Å². The summed E-state index contributed by atoms with van der Waals surface area (Å²) in [6, 6.07) is 5.09. The molecule has 248 valence electrons. The van der Waals surface area contributed by atoms with E-state index in [1.165, 1.54) is 71.0 Å². The number of rotatable bonds is 8. The van der Waals surface area contributed by atoms with Crippen molar-refractivity contribution < 1.29 is 19.4 Å². The van der Waals surface area contributed by atoms with Crippen molar-refractivity contribution in [1.82, 2.24) is 0 Å². The van der Waals surface area contributed by atoms with Crippen LogP contribution in [0.5, 0.6) is 11.5 Å².